The Morgan fingerprint density at radius 3 is 2.60 bits per heavy atom. The Kier molecular flexibility index (Phi) is 2.48. The zero-order valence-electron chi connectivity index (χ0n) is 12.4. The number of carbonyl (C=O) groups excluding carboxylic acids is 1. The number of nitrogens with one attached hydrogen (secondary N) is 1. The second-order valence-electron chi connectivity index (χ2n) is 7.42. The van der Waals surface area contributed by atoms with E-state index in [1.807, 2.05) is 11.3 Å². The summed E-state index contributed by atoms with van der Waals surface area (Å²) in [6.45, 7) is 7.67. The Labute approximate surface area is 124 Å². The first-order valence-electron chi connectivity index (χ1n) is 7.56. The van der Waals surface area contributed by atoms with E-state index in [2.05, 4.69) is 43.1 Å². The summed E-state index contributed by atoms with van der Waals surface area (Å²) in [5.41, 5.74) is 0.219. The van der Waals surface area contributed by atoms with Gasteiger partial charge in [-0.2, -0.15) is 0 Å². The van der Waals surface area contributed by atoms with Crippen LogP contribution in [0.1, 0.15) is 49.0 Å². The van der Waals surface area contributed by atoms with Gasteiger partial charge in [0.05, 0.1) is 0 Å². The van der Waals surface area contributed by atoms with Crippen LogP contribution >= 0.6 is 11.3 Å². The maximum absolute atomic E-state index is 12.7. The molecule has 2 aliphatic carbocycles. The SMILES string of the molecule is Cc1ccc(C2NC3(CC3)C(=O)N2CC2CC2(C)C)s1. The molecular formula is C16H22N2OS. The topological polar surface area (TPSA) is 32.3 Å². The van der Waals surface area contributed by atoms with Gasteiger partial charge in [-0.3, -0.25) is 10.1 Å². The molecule has 1 amide bonds. The molecule has 0 bridgehead atoms. The van der Waals surface area contributed by atoms with Crippen molar-refractivity contribution in [1.29, 1.82) is 0 Å². The van der Waals surface area contributed by atoms with E-state index in [-0.39, 0.29) is 11.7 Å². The molecule has 2 atom stereocenters. The molecule has 2 heterocycles. The van der Waals surface area contributed by atoms with Crippen molar-refractivity contribution in [2.75, 3.05) is 6.54 Å². The Hall–Kier alpha value is -0.870. The lowest BCUT2D eigenvalue weighted by molar-refractivity contribution is -0.131. The summed E-state index contributed by atoms with van der Waals surface area (Å²) >= 11 is 1.81. The van der Waals surface area contributed by atoms with Gasteiger partial charge in [0.1, 0.15) is 11.7 Å². The summed E-state index contributed by atoms with van der Waals surface area (Å²) in [4.78, 5) is 17.5. The van der Waals surface area contributed by atoms with Gasteiger partial charge < -0.3 is 4.90 Å². The summed E-state index contributed by atoms with van der Waals surface area (Å²) in [6, 6.07) is 4.33. The third kappa shape index (κ3) is 1.85. The maximum Gasteiger partial charge on any atom is 0.244 e. The van der Waals surface area contributed by atoms with Crippen molar-refractivity contribution in [3.8, 4) is 0 Å². The predicted octanol–water partition coefficient (Wildman–Crippen LogP) is 3.07. The van der Waals surface area contributed by atoms with Crippen LogP contribution in [0.25, 0.3) is 0 Å². The largest absolute Gasteiger partial charge is 0.320 e. The molecule has 3 fully saturated rings. The summed E-state index contributed by atoms with van der Waals surface area (Å²) in [5, 5.41) is 3.62. The van der Waals surface area contributed by atoms with Crippen molar-refractivity contribution in [3.05, 3.63) is 21.9 Å². The minimum atomic E-state index is -0.207. The van der Waals surface area contributed by atoms with E-state index in [1.165, 1.54) is 16.2 Å². The molecule has 0 aromatic carbocycles. The number of hydrogen-bond acceptors (Lipinski definition) is 3. The number of aryl methyl sites for hydroxylation is 1. The lowest BCUT2D eigenvalue weighted by Gasteiger charge is -2.24. The van der Waals surface area contributed by atoms with Crippen molar-refractivity contribution < 1.29 is 4.79 Å². The molecule has 4 rings (SSSR count). The molecule has 2 saturated carbocycles. The molecule has 1 aromatic heterocycles. The Morgan fingerprint density at radius 2 is 2.10 bits per heavy atom. The van der Waals surface area contributed by atoms with E-state index in [0.29, 0.717) is 17.2 Å². The van der Waals surface area contributed by atoms with E-state index >= 15 is 0 Å². The number of carbonyl (C=O) groups is 1. The molecule has 20 heavy (non-hydrogen) atoms. The average molecular weight is 290 g/mol. The van der Waals surface area contributed by atoms with Crippen molar-refractivity contribution in [3.63, 3.8) is 0 Å². The normalized spacial score (nSPS) is 33.0. The molecule has 1 saturated heterocycles. The molecule has 1 aromatic rings. The van der Waals surface area contributed by atoms with Crippen LogP contribution in [0.5, 0.6) is 0 Å². The monoisotopic (exact) mass is 290 g/mol. The number of rotatable bonds is 3. The minimum Gasteiger partial charge on any atom is -0.320 e. The highest BCUT2D eigenvalue weighted by atomic mass is 32.1. The molecular weight excluding hydrogens is 268 g/mol. The van der Waals surface area contributed by atoms with Crippen LogP contribution < -0.4 is 5.32 Å². The maximum atomic E-state index is 12.7. The summed E-state index contributed by atoms with van der Waals surface area (Å²) in [5.74, 6) is 1.02. The third-order valence-corrected chi connectivity index (χ3v) is 6.36. The second-order valence-corrected chi connectivity index (χ2v) is 8.74. The van der Waals surface area contributed by atoms with Gasteiger partial charge in [0.25, 0.3) is 0 Å². The van der Waals surface area contributed by atoms with Crippen LogP contribution in [-0.2, 0) is 4.79 Å². The number of nitrogens with zero attached hydrogens (tertiary/aromatic N) is 1. The molecule has 3 nitrogen and oxygen atoms in total. The van der Waals surface area contributed by atoms with Crippen LogP contribution in [-0.4, -0.2) is 22.9 Å². The van der Waals surface area contributed by atoms with Gasteiger partial charge in [-0.05, 0) is 49.7 Å². The molecule has 4 heteroatoms. The summed E-state index contributed by atoms with van der Waals surface area (Å²) in [6.07, 6.45) is 3.38. The molecule has 2 unspecified atom stereocenters. The summed E-state index contributed by atoms with van der Waals surface area (Å²) < 4.78 is 0. The highest BCUT2D eigenvalue weighted by Gasteiger charge is 2.61. The highest BCUT2D eigenvalue weighted by molar-refractivity contribution is 7.12. The van der Waals surface area contributed by atoms with Crippen LogP contribution in [0.15, 0.2) is 12.1 Å². The van der Waals surface area contributed by atoms with E-state index in [9.17, 15) is 4.79 Å². The van der Waals surface area contributed by atoms with Crippen molar-refractivity contribution in [1.82, 2.24) is 10.2 Å². The fourth-order valence-electron chi connectivity index (χ4n) is 3.42. The molecule has 1 spiro atoms. The van der Waals surface area contributed by atoms with Crippen LogP contribution in [0.2, 0.25) is 0 Å². The van der Waals surface area contributed by atoms with E-state index < -0.39 is 0 Å². The fraction of sp³-hybridized carbons (Fsp3) is 0.688. The molecule has 108 valence electrons. The van der Waals surface area contributed by atoms with Gasteiger partial charge in [0, 0.05) is 16.3 Å². The molecule has 3 aliphatic rings. The second kappa shape index (κ2) is 3.86. The van der Waals surface area contributed by atoms with Crippen molar-refractivity contribution in [2.24, 2.45) is 11.3 Å². The Balaban J connectivity index is 1.60. The van der Waals surface area contributed by atoms with Crippen LogP contribution in [0.3, 0.4) is 0 Å². The number of amides is 1. The Bertz CT molecular complexity index is 573. The third-order valence-electron chi connectivity index (χ3n) is 5.31. The zero-order chi connectivity index (χ0) is 14.1. The smallest absolute Gasteiger partial charge is 0.244 e. The standard InChI is InChI=1S/C16H22N2OS/c1-10-4-5-12(20-10)13-17-16(6-7-16)14(19)18(13)9-11-8-15(11,2)3/h4-5,11,13,17H,6-9H2,1-3H3. The van der Waals surface area contributed by atoms with Crippen LogP contribution in [0.4, 0.5) is 0 Å². The first kappa shape index (κ1) is 12.8. The summed E-state index contributed by atoms with van der Waals surface area (Å²) in [7, 11) is 0. The van der Waals surface area contributed by atoms with Gasteiger partial charge in [-0.25, -0.2) is 0 Å². The average Bonchev–Trinajstić information content (AvgIpc) is 3.19. The fourth-order valence-corrected chi connectivity index (χ4v) is 4.36. The van der Waals surface area contributed by atoms with E-state index in [4.69, 9.17) is 0 Å². The van der Waals surface area contributed by atoms with Gasteiger partial charge in [-0.15, -0.1) is 11.3 Å². The van der Waals surface area contributed by atoms with Gasteiger partial charge in [0.2, 0.25) is 5.91 Å². The van der Waals surface area contributed by atoms with Crippen LogP contribution in [0, 0.1) is 18.3 Å². The van der Waals surface area contributed by atoms with Gasteiger partial charge >= 0.3 is 0 Å². The zero-order valence-corrected chi connectivity index (χ0v) is 13.2. The lowest BCUT2D eigenvalue weighted by atomic mass is 10.1. The Morgan fingerprint density at radius 1 is 1.40 bits per heavy atom. The van der Waals surface area contributed by atoms with Gasteiger partial charge in [0.15, 0.2) is 0 Å². The highest BCUT2D eigenvalue weighted by Crippen LogP contribution is 2.54. The lowest BCUT2D eigenvalue weighted by Crippen LogP contribution is -2.34. The minimum absolute atomic E-state index is 0.111. The van der Waals surface area contributed by atoms with Gasteiger partial charge in [-0.1, -0.05) is 13.8 Å². The number of thiophene rings is 1. The predicted molar refractivity (Wildman–Crippen MR) is 80.5 cm³/mol. The van der Waals surface area contributed by atoms with E-state index in [0.717, 1.165) is 19.4 Å². The van der Waals surface area contributed by atoms with E-state index in [1.54, 1.807) is 0 Å². The number of hydrogen-bond donors (Lipinski definition) is 1. The molecule has 1 aliphatic heterocycles. The first-order chi connectivity index (χ1) is 9.41. The van der Waals surface area contributed by atoms with Crippen molar-refractivity contribution in [2.45, 2.75) is 51.7 Å². The van der Waals surface area contributed by atoms with Crippen molar-refractivity contribution >= 4 is 17.2 Å². The molecule has 0 radical (unpaired) electrons. The quantitative estimate of drug-likeness (QED) is 0.928. The molecule has 1 N–H and O–H groups in total. The first-order valence-corrected chi connectivity index (χ1v) is 8.38.